The van der Waals surface area contributed by atoms with E-state index in [1.165, 1.54) is 11.3 Å². The molecule has 30 heavy (non-hydrogen) atoms. The van der Waals surface area contributed by atoms with Crippen LogP contribution in [0.15, 0.2) is 70.0 Å². The van der Waals surface area contributed by atoms with Crippen LogP contribution in [0.25, 0.3) is 11.3 Å². The van der Waals surface area contributed by atoms with Gasteiger partial charge in [0.1, 0.15) is 0 Å². The molecule has 0 aliphatic carbocycles. The number of hydrogen-bond acceptors (Lipinski definition) is 6. The molecule has 0 radical (unpaired) electrons. The van der Waals surface area contributed by atoms with Crippen LogP contribution < -0.4 is 5.43 Å². The van der Waals surface area contributed by atoms with Crippen molar-refractivity contribution in [1.82, 2.24) is 9.29 Å². The van der Waals surface area contributed by atoms with Crippen LogP contribution >= 0.6 is 11.3 Å². The van der Waals surface area contributed by atoms with E-state index in [0.29, 0.717) is 29.0 Å². The Bertz CT molecular complexity index is 1100. The van der Waals surface area contributed by atoms with Crippen LogP contribution in [0.5, 0.6) is 0 Å². The smallest absolute Gasteiger partial charge is 0.243 e. The maximum absolute atomic E-state index is 12.9. The second kappa shape index (κ2) is 9.07. The van der Waals surface area contributed by atoms with Crippen molar-refractivity contribution in [2.75, 3.05) is 18.5 Å². The molecule has 0 bridgehead atoms. The number of piperidine rings is 1. The fourth-order valence-corrected chi connectivity index (χ4v) is 5.47. The number of thiazole rings is 1. The van der Waals surface area contributed by atoms with Gasteiger partial charge in [0.05, 0.1) is 16.8 Å². The Morgan fingerprint density at radius 2 is 1.80 bits per heavy atom. The van der Waals surface area contributed by atoms with E-state index in [0.717, 1.165) is 29.7 Å². The lowest BCUT2D eigenvalue weighted by Crippen LogP contribution is -2.37. The minimum absolute atomic E-state index is 0.335. The summed E-state index contributed by atoms with van der Waals surface area (Å²) >= 11 is 1.45. The van der Waals surface area contributed by atoms with Crippen LogP contribution in [0.1, 0.15) is 25.3 Å². The molecule has 1 N–H and O–H groups in total. The van der Waals surface area contributed by atoms with Gasteiger partial charge in [0.2, 0.25) is 15.2 Å². The van der Waals surface area contributed by atoms with Crippen LogP contribution in [0.2, 0.25) is 0 Å². The highest BCUT2D eigenvalue weighted by atomic mass is 32.2. The van der Waals surface area contributed by atoms with Crippen LogP contribution in [0, 0.1) is 5.92 Å². The first-order valence-electron chi connectivity index (χ1n) is 9.92. The zero-order chi connectivity index (χ0) is 21.0. The zero-order valence-corrected chi connectivity index (χ0v) is 18.4. The van der Waals surface area contributed by atoms with Crippen molar-refractivity contribution < 1.29 is 8.42 Å². The van der Waals surface area contributed by atoms with Gasteiger partial charge in [-0.1, -0.05) is 49.4 Å². The zero-order valence-electron chi connectivity index (χ0n) is 16.7. The Hall–Kier alpha value is -2.55. The SMILES string of the molecule is CC1CCN(S(=O)(=O)c2ccc(-c3csc(N/N=C/c4ccccc4)n3)cc2)CC1. The molecular weight excluding hydrogens is 416 g/mol. The number of anilines is 1. The van der Waals surface area contributed by atoms with E-state index in [9.17, 15) is 8.42 Å². The van der Waals surface area contributed by atoms with Gasteiger partial charge in [0, 0.05) is 24.0 Å². The molecule has 0 unspecified atom stereocenters. The lowest BCUT2D eigenvalue weighted by Gasteiger charge is -2.29. The average Bonchev–Trinajstić information content (AvgIpc) is 3.24. The van der Waals surface area contributed by atoms with Gasteiger partial charge in [-0.25, -0.2) is 13.4 Å². The highest BCUT2D eigenvalue weighted by Gasteiger charge is 2.27. The van der Waals surface area contributed by atoms with E-state index in [1.807, 2.05) is 47.8 Å². The van der Waals surface area contributed by atoms with Gasteiger partial charge in [-0.15, -0.1) is 11.3 Å². The normalized spacial score (nSPS) is 16.2. The summed E-state index contributed by atoms with van der Waals surface area (Å²) in [5.74, 6) is 0.586. The number of benzene rings is 2. The summed E-state index contributed by atoms with van der Waals surface area (Å²) in [7, 11) is -3.43. The van der Waals surface area contributed by atoms with Gasteiger partial charge in [0.15, 0.2) is 0 Å². The number of hydrogen-bond donors (Lipinski definition) is 1. The number of sulfonamides is 1. The molecule has 1 aliphatic heterocycles. The Labute approximate surface area is 181 Å². The number of nitrogens with one attached hydrogen (secondary N) is 1. The summed E-state index contributed by atoms with van der Waals surface area (Å²) in [6, 6.07) is 16.8. The molecule has 0 amide bonds. The van der Waals surface area contributed by atoms with Crippen molar-refractivity contribution in [2.45, 2.75) is 24.7 Å². The lowest BCUT2D eigenvalue weighted by molar-refractivity contribution is 0.288. The molecule has 8 heteroatoms. The van der Waals surface area contributed by atoms with E-state index in [2.05, 4.69) is 22.4 Å². The number of rotatable bonds is 6. The fourth-order valence-electron chi connectivity index (χ4n) is 3.33. The molecular formula is C22H24N4O2S2. The molecule has 0 atom stereocenters. The van der Waals surface area contributed by atoms with Gasteiger partial charge < -0.3 is 0 Å². The van der Waals surface area contributed by atoms with Gasteiger partial charge in [-0.05, 0) is 36.5 Å². The highest BCUT2D eigenvalue weighted by molar-refractivity contribution is 7.89. The average molecular weight is 441 g/mol. The molecule has 2 aromatic carbocycles. The molecule has 1 fully saturated rings. The molecule has 1 aliphatic rings. The van der Waals surface area contributed by atoms with E-state index in [-0.39, 0.29) is 0 Å². The van der Waals surface area contributed by atoms with E-state index < -0.39 is 10.0 Å². The third-order valence-electron chi connectivity index (χ3n) is 5.21. The van der Waals surface area contributed by atoms with Crippen molar-refractivity contribution in [2.24, 2.45) is 11.0 Å². The first-order chi connectivity index (χ1) is 14.5. The molecule has 1 saturated heterocycles. The van der Waals surface area contributed by atoms with Crippen LogP contribution in [-0.4, -0.2) is 37.0 Å². The van der Waals surface area contributed by atoms with Crippen molar-refractivity contribution in [1.29, 1.82) is 0 Å². The second-order valence-electron chi connectivity index (χ2n) is 7.43. The molecule has 2 heterocycles. The molecule has 6 nitrogen and oxygen atoms in total. The van der Waals surface area contributed by atoms with Crippen molar-refractivity contribution >= 4 is 32.7 Å². The molecule has 1 aromatic heterocycles. The summed E-state index contributed by atoms with van der Waals surface area (Å²) < 4.78 is 27.3. The van der Waals surface area contributed by atoms with Crippen molar-refractivity contribution in [3.05, 3.63) is 65.5 Å². The maximum atomic E-state index is 12.9. The first kappa shape index (κ1) is 20.7. The Balaban J connectivity index is 1.42. The predicted molar refractivity (Wildman–Crippen MR) is 122 cm³/mol. The topological polar surface area (TPSA) is 74.7 Å². The first-order valence-corrected chi connectivity index (χ1v) is 12.2. The lowest BCUT2D eigenvalue weighted by atomic mass is 10.0. The summed E-state index contributed by atoms with van der Waals surface area (Å²) in [4.78, 5) is 4.87. The van der Waals surface area contributed by atoms with Gasteiger partial charge in [-0.2, -0.15) is 9.41 Å². The van der Waals surface area contributed by atoms with Crippen LogP contribution in [0.4, 0.5) is 5.13 Å². The fraction of sp³-hybridized carbons (Fsp3) is 0.273. The highest BCUT2D eigenvalue weighted by Crippen LogP contribution is 2.28. The van der Waals surface area contributed by atoms with Crippen molar-refractivity contribution in [3.8, 4) is 11.3 Å². The minimum atomic E-state index is -3.43. The molecule has 4 rings (SSSR count). The number of aromatic nitrogens is 1. The maximum Gasteiger partial charge on any atom is 0.243 e. The molecule has 3 aromatic rings. The third kappa shape index (κ3) is 4.77. The van der Waals surface area contributed by atoms with Gasteiger partial charge >= 0.3 is 0 Å². The second-order valence-corrected chi connectivity index (χ2v) is 10.2. The van der Waals surface area contributed by atoms with Gasteiger partial charge in [0.25, 0.3) is 0 Å². The molecule has 156 valence electrons. The summed E-state index contributed by atoms with van der Waals surface area (Å²) in [6.07, 6.45) is 3.57. The van der Waals surface area contributed by atoms with E-state index in [1.54, 1.807) is 22.7 Å². The minimum Gasteiger partial charge on any atom is -0.253 e. The Morgan fingerprint density at radius 1 is 1.10 bits per heavy atom. The van der Waals surface area contributed by atoms with E-state index in [4.69, 9.17) is 0 Å². The summed E-state index contributed by atoms with van der Waals surface area (Å²) in [5.41, 5.74) is 5.60. The molecule has 0 spiro atoms. The van der Waals surface area contributed by atoms with Crippen LogP contribution in [-0.2, 0) is 10.0 Å². The number of hydrazone groups is 1. The summed E-state index contributed by atoms with van der Waals surface area (Å²) in [6.45, 7) is 3.36. The quantitative estimate of drug-likeness (QED) is 0.446. The Morgan fingerprint density at radius 3 is 2.50 bits per heavy atom. The molecule has 0 saturated carbocycles. The Kier molecular flexibility index (Phi) is 6.26. The number of nitrogens with zero attached hydrogens (tertiary/aromatic N) is 3. The standard InChI is InChI=1S/C22H24N4O2S2/c1-17-11-13-26(14-12-17)30(27,28)20-9-7-19(8-10-20)21-16-29-22(24-21)25-23-15-18-5-3-2-4-6-18/h2-10,15-17H,11-14H2,1H3,(H,24,25)/b23-15+. The monoisotopic (exact) mass is 440 g/mol. The van der Waals surface area contributed by atoms with E-state index >= 15 is 0 Å². The predicted octanol–water partition coefficient (Wildman–Crippen LogP) is 4.68. The third-order valence-corrected chi connectivity index (χ3v) is 7.87. The largest absolute Gasteiger partial charge is 0.253 e. The van der Waals surface area contributed by atoms with Gasteiger partial charge in [-0.3, -0.25) is 5.43 Å². The summed E-state index contributed by atoms with van der Waals surface area (Å²) in [5, 5.41) is 6.81. The van der Waals surface area contributed by atoms with Crippen LogP contribution in [0.3, 0.4) is 0 Å². The van der Waals surface area contributed by atoms with Crippen molar-refractivity contribution in [3.63, 3.8) is 0 Å².